The number of fused-ring (bicyclic) bond motifs is 1. The van der Waals surface area contributed by atoms with Crippen LogP contribution in [-0.2, 0) is 16.6 Å². The van der Waals surface area contributed by atoms with Crippen molar-refractivity contribution in [1.82, 2.24) is 44.7 Å². The third-order valence-electron chi connectivity index (χ3n) is 10.4. The molecule has 0 unspecified atom stereocenters. The van der Waals surface area contributed by atoms with E-state index in [1.54, 1.807) is 22.1 Å². The maximum atomic E-state index is 14.0. The van der Waals surface area contributed by atoms with Gasteiger partial charge in [0.25, 0.3) is 0 Å². The van der Waals surface area contributed by atoms with Crippen molar-refractivity contribution in [3.63, 3.8) is 0 Å². The molecule has 14 heteroatoms. The second-order valence-electron chi connectivity index (χ2n) is 14.3. The molecule has 51 heavy (non-hydrogen) atoms. The molecular weight excluding hydrogens is 646 g/mol. The van der Waals surface area contributed by atoms with Gasteiger partial charge >= 0.3 is 0 Å². The molecule has 2 atom stereocenters. The van der Waals surface area contributed by atoms with E-state index in [4.69, 9.17) is 9.72 Å². The molecule has 0 saturated carbocycles. The van der Waals surface area contributed by atoms with Crippen molar-refractivity contribution in [3.05, 3.63) is 61.1 Å². The molecule has 5 aromatic rings. The Bertz CT molecular complexity index is 2060. The lowest BCUT2D eigenvalue weighted by Gasteiger charge is -2.41. The second kappa shape index (κ2) is 13.1. The fourth-order valence-corrected chi connectivity index (χ4v) is 7.72. The summed E-state index contributed by atoms with van der Waals surface area (Å²) in [5.74, 6) is 2.08. The highest BCUT2D eigenvalue weighted by molar-refractivity contribution is 6.01. The number of nitrogens with one attached hydrogen (secondary N) is 1. The van der Waals surface area contributed by atoms with Gasteiger partial charge in [0, 0.05) is 74.9 Å². The van der Waals surface area contributed by atoms with E-state index in [0.717, 1.165) is 54.8 Å². The van der Waals surface area contributed by atoms with Crippen LogP contribution in [0.2, 0.25) is 0 Å². The monoisotopic (exact) mass is 689 g/mol. The molecule has 264 valence electrons. The molecule has 8 rings (SSSR count). The Morgan fingerprint density at radius 2 is 1.80 bits per heavy atom. The molecule has 3 saturated heterocycles. The van der Waals surface area contributed by atoms with Crippen molar-refractivity contribution >= 4 is 34.4 Å². The van der Waals surface area contributed by atoms with E-state index in [1.165, 1.54) is 0 Å². The molecule has 4 aromatic heterocycles. The number of piperazine rings is 1. The Kier molecular flexibility index (Phi) is 8.41. The normalized spacial score (nSPS) is 21.2. The lowest BCUT2D eigenvalue weighted by Crippen LogP contribution is -2.56. The zero-order valence-electron chi connectivity index (χ0n) is 29.5. The van der Waals surface area contributed by atoms with Gasteiger partial charge < -0.3 is 14.5 Å². The number of ether oxygens (including phenoxy) is 1. The number of H-pyrrole nitrogens is 1. The maximum absolute atomic E-state index is 14.0. The Morgan fingerprint density at radius 3 is 2.53 bits per heavy atom. The van der Waals surface area contributed by atoms with Gasteiger partial charge in [-0.15, -0.1) is 0 Å². The summed E-state index contributed by atoms with van der Waals surface area (Å²) in [7, 11) is 1.86. The van der Waals surface area contributed by atoms with Crippen LogP contribution in [-0.4, -0.2) is 115 Å². The predicted molar refractivity (Wildman–Crippen MR) is 193 cm³/mol. The number of carbonyl (C=O) groups is 2. The zero-order chi connectivity index (χ0) is 35.3. The fraction of sp³-hybridized carbons (Fsp3) is 0.432. The Balaban J connectivity index is 0.884. The molecule has 0 bridgehead atoms. The molecule has 0 aliphatic carbocycles. The number of nitrogens with zero attached hydrogens (tertiary/aromatic N) is 10. The number of hydrogen-bond donors (Lipinski definition) is 1. The van der Waals surface area contributed by atoms with Crippen LogP contribution in [0.3, 0.4) is 0 Å². The van der Waals surface area contributed by atoms with Gasteiger partial charge in [0.2, 0.25) is 17.7 Å². The number of pyridine rings is 2. The van der Waals surface area contributed by atoms with Crippen LogP contribution in [0, 0.1) is 5.41 Å². The van der Waals surface area contributed by atoms with Gasteiger partial charge in [0.05, 0.1) is 23.6 Å². The summed E-state index contributed by atoms with van der Waals surface area (Å²) in [5, 5.41) is 12.0. The molecule has 2 amide bonds. The van der Waals surface area contributed by atoms with E-state index in [-0.39, 0.29) is 24.0 Å². The molecular formula is C37H43N11O3. The third-order valence-corrected chi connectivity index (χ3v) is 10.4. The van der Waals surface area contributed by atoms with Crippen molar-refractivity contribution < 1.29 is 14.3 Å². The summed E-state index contributed by atoms with van der Waals surface area (Å²) in [4.78, 5) is 49.7. The van der Waals surface area contributed by atoms with Crippen molar-refractivity contribution in [3.8, 4) is 28.5 Å². The number of aromatic nitrogens is 7. The summed E-state index contributed by atoms with van der Waals surface area (Å²) in [6, 6.07) is 15.9. The Morgan fingerprint density at radius 1 is 1.00 bits per heavy atom. The summed E-state index contributed by atoms with van der Waals surface area (Å²) in [5.41, 5.74) is 4.56. The number of amides is 2. The minimum Gasteiger partial charge on any atom is -0.475 e. The van der Waals surface area contributed by atoms with Crippen molar-refractivity contribution in [1.29, 1.82) is 0 Å². The van der Waals surface area contributed by atoms with Crippen LogP contribution in [0.25, 0.3) is 33.7 Å². The number of aryl methyl sites for hydroxylation is 1. The predicted octanol–water partition coefficient (Wildman–Crippen LogP) is 3.77. The largest absolute Gasteiger partial charge is 0.475 e. The zero-order valence-corrected chi connectivity index (χ0v) is 29.5. The van der Waals surface area contributed by atoms with E-state index in [1.807, 2.05) is 62.2 Å². The van der Waals surface area contributed by atoms with E-state index >= 15 is 0 Å². The molecule has 1 spiro atoms. The molecule has 0 radical (unpaired) electrons. The van der Waals surface area contributed by atoms with Gasteiger partial charge in [-0.2, -0.15) is 10.2 Å². The number of aromatic amines is 1. The first-order valence-corrected chi connectivity index (χ1v) is 17.7. The van der Waals surface area contributed by atoms with E-state index < -0.39 is 5.41 Å². The van der Waals surface area contributed by atoms with E-state index in [9.17, 15) is 9.59 Å². The second-order valence-corrected chi connectivity index (χ2v) is 14.3. The summed E-state index contributed by atoms with van der Waals surface area (Å²) < 4.78 is 7.38. The fourth-order valence-electron chi connectivity index (χ4n) is 7.72. The first-order chi connectivity index (χ1) is 24.7. The first kappa shape index (κ1) is 32.8. The van der Waals surface area contributed by atoms with Gasteiger partial charge in [0.1, 0.15) is 23.4 Å². The average molecular weight is 690 g/mol. The van der Waals surface area contributed by atoms with Gasteiger partial charge in [0.15, 0.2) is 5.82 Å². The number of benzene rings is 1. The van der Waals surface area contributed by atoms with E-state index in [0.29, 0.717) is 54.9 Å². The van der Waals surface area contributed by atoms with Crippen LogP contribution < -0.4 is 14.5 Å². The molecule has 14 nitrogen and oxygen atoms in total. The smallest absolute Gasteiger partial charge is 0.237 e. The highest BCUT2D eigenvalue weighted by Crippen LogP contribution is 2.42. The lowest BCUT2D eigenvalue weighted by molar-refractivity contribution is -0.135. The highest BCUT2D eigenvalue weighted by atomic mass is 16.5. The number of rotatable bonds is 8. The Labute approximate surface area is 296 Å². The standard InChI is InChI=1S/C37H43N11O3/c1-24(2)51-31-12-7-27(19-38-31)33-34-29(41-42-33)10-11-30(40-34)48-16-14-37(36(48)50)13-15-45(22-37)21-32(49)47-18-17-46(20-25(47)3)28-8-5-26(6-9-28)35-39-23-44(4)43-35/h5-12,19,23-25H,13-18,20-22H2,1-4H3,(H,41,42)/t25-,37+/m1/s1. The molecule has 3 aliphatic rings. The van der Waals surface area contributed by atoms with Crippen LogP contribution in [0.1, 0.15) is 33.6 Å². The third kappa shape index (κ3) is 6.28. The maximum Gasteiger partial charge on any atom is 0.237 e. The van der Waals surface area contributed by atoms with Crippen molar-refractivity contribution in [2.24, 2.45) is 12.5 Å². The van der Waals surface area contributed by atoms with Crippen LogP contribution in [0.15, 0.2) is 61.1 Å². The molecule has 7 heterocycles. The minimum absolute atomic E-state index is 0.0324. The Hall–Kier alpha value is -5.37. The number of carbonyl (C=O) groups excluding carboxylic acids is 2. The number of anilines is 2. The van der Waals surface area contributed by atoms with Crippen molar-refractivity contribution in [2.75, 3.05) is 55.6 Å². The SMILES string of the molecule is CC(C)Oc1ccc(-c2n[nH]c3ccc(N4CC[C@]5(CCN(CC(=O)N6CCN(c7ccc(-c8ncn(C)n8)cc7)C[C@H]6C)C5)C4=O)nc23)cn1. The van der Waals surface area contributed by atoms with Crippen LogP contribution in [0.4, 0.5) is 11.5 Å². The summed E-state index contributed by atoms with van der Waals surface area (Å²) in [6.07, 6.45) is 4.93. The number of hydrogen-bond acceptors (Lipinski definition) is 10. The summed E-state index contributed by atoms with van der Waals surface area (Å²) in [6.45, 7) is 10.4. The van der Waals surface area contributed by atoms with E-state index in [2.05, 4.69) is 54.1 Å². The van der Waals surface area contributed by atoms with Gasteiger partial charge in [-0.3, -0.25) is 29.2 Å². The first-order valence-electron chi connectivity index (χ1n) is 17.7. The lowest BCUT2D eigenvalue weighted by atomic mass is 9.85. The molecule has 3 aliphatic heterocycles. The molecule has 1 N–H and O–H groups in total. The van der Waals surface area contributed by atoms with Gasteiger partial charge in [-0.05, 0) is 82.6 Å². The minimum atomic E-state index is -0.506. The summed E-state index contributed by atoms with van der Waals surface area (Å²) >= 11 is 0. The molecule has 1 aromatic carbocycles. The average Bonchev–Trinajstić information content (AvgIpc) is 3.92. The highest BCUT2D eigenvalue weighted by Gasteiger charge is 2.51. The van der Waals surface area contributed by atoms with Gasteiger partial charge in [-0.25, -0.2) is 15.0 Å². The quantitative estimate of drug-likeness (QED) is 0.256. The van der Waals surface area contributed by atoms with Gasteiger partial charge in [-0.1, -0.05) is 0 Å². The molecule has 3 fully saturated rings. The van der Waals surface area contributed by atoms with Crippen molar-refractivity contribution in [2.45, 2.75) is 45.8 Å². The topological polar surface area (TPSA) is 142 Å². The van der Waals surface area contributed by atoms with Crippen LogP contribution in [0.5, 0.6) is 5.88 Å². The number of likely N-dealkylation sites (tertiary alicyclic amines) is 1. The van der Waals surface area contributed by atoms with Crippen LogP contribution >= 0.6 is 0 Å².